The topological polar surface area (TPSA) is 50.4 Å². The first-order chi connectivity index (χ1) is 4.84. The van der Waals surface area contributed by atoms with E-state index >= 15 is 0 Å². The van der Waals surface area contributed by atoms with E-state index in [1.807, 2.05) is 19.2 Å². The second kappa shape index (κ2) is 3.00. The van der Waals surface area contributed by atoms with Crippen molar-refractivity contribution in [2.45, 2.75) is 13.0 Å². The third-order valence-corrected chi connectivity index (χ3v) is 1.22. The summed E-state index contributed by atoms with van der Waals surface area (Å²) in [6.07, 6.45) is 4.90. The van der Waals surface area contributed by atoms with E-state index in [9.17, 15) is 0 Å². The van der Waals surface area contributed by atoms with Crippen molar-refractivity contribution >= 4 is 6.21 Å². The molecule has 4 heteroatoms. The first-order valence-electron chi connectivity index (χ1n) is 3.01. The van der Waals surface area contributed by atoms with Crippen LogP contribution in [-0.2, 0) is 0 Å². The van der Waals surface area contributed by atoms with E-state index in [2.05, 4.69) is 10.3 Å². The molecule has 0 aliphatic rings. The zero-order chi connectivity index (χ0) is 7.40. The molecule has 54 valence electrons. The Morgan fingerprint density at radius 3 is 3.10 bits per heavy atom. The van der Waals surface area contributed by atoms with Crippen LogP contribution in [0.3, 0.4) is 0 Å². The van der Waals surface area contributed by atoms with Gasteiger partial charge in [-0.2, -0.15) is 5.10 Å². The second-order valence-corrected chi connectivity index (χ2v) is 1.99. The average Bonchev–Trinajstić information content (AvgIpc) is 2.38. The lowest BCUT2D eigenvalue weighted by Gasteiger charge is -2.02. The van der Waals surface area contributed by atoms with Crippen molar-refractivity contribution in [3.63, 3.8) is 0 Å². The number of hydrogen-bond acceptors (Lipinski definition) is 3. The maximum absolute atomic E-state index is 8.16. The molecular weight excluding hydrogens is 130 g/mol. The summed E-state index contributed by atoms with van der Waals surface area (Å²) < 4.78 is 1.69. The maximum Gasteiger partial charge on any atom is 0.0874 e. The molecule has 1 aromatic rings. The van der Waals surface area contributed by atoms with Crippen LogP contribution >= 0.6 is 0 Å². The normalized spacial score (nSPS) is 14.1. The van der Waals surface area contributed by atoms with Gasteiger partial charge in [0, 0.05) is 12.4 Å². The molecule has 1 heterocycles. The van der Waals surface area contributed by atoms with E-state index in [4.69, 9.17) is 5.21 Å². The predicted octanol–water partition coefficient (Wildman–Crippen LogP) is 0.904. The molecular formula is C6H9N3O. The fourth-order valence-electron chi connectivity index (χ4n) is 0.686. The van der Waals surface area contributed by atoms with Gasteiger partial charge in [-0.1, -0.05) is 5.16 Å². The molecule has 1 atom stereocenters. The number of aromatic nitrogens is 2. The van der Waals surface area contributed by atoms with Crippen LogP contribution in [-0.4, -0.2) is 21.2 Å². The summed E-state index contributed by atoms with van der Waals surface area (Å²) in [5, 5.41) is 15.0. The number of oxime groups is 1. The van der Waals surface area contributed by atoms with Crippen LogP contribution in [0.1, 0.15) is 13.0 Å². The van der Waals surface area contributed by atoms with Crippen molar-refractivity contribution in [2.75, 3.05) is 0 Å². The smallest absolute Gasteiger partial charge is 0.0874 e. The van der Waals surface area contributed by atoms with Gasteiger partial charge in [0.2, 0.25) is 0 Å². The van der Waals surface area contributed by atoms with Gasteiger partial charge in [0.05, 0.1) is 12.3 Å². The third kappa shape index (κ3) is 1.34. The maximum atomic E-state index is 8.16. The van der Waals surface area contributed by atoms with Crippen molar-refractivity contribution < 1.29 is 5.21 Å². The summed E-state index contributed by atoms with van der Waals surface area (Å²) in [6, 6.07) is 1.84. The Bertz CT molecular complexity index is 205. The largest absolute Gasteiger partial charge is 0.411 e. The Morgan fingerprint density at radius 1 is 1.80 bits per heavy atom. The lowest BCUT2D eigenvalue weighted by molar-refractivity contribution is 0.318. The molecule has 1 N–H and O–H groups in total. The summed E-state index contributed by atoms with van der Waals surface area (Å²) >= 11 is 0. The van der Waals surface area contributed by atoms with E-state index in [0.717, 1.165) is 0 Å². The van der Waals surface area contributed by atoms with Gasteiger partial charge in [0.1, 0.15) is 0 Å². The number of nitrogens with zero attached hydrogens (tertiary/aromatic N) is 3. The molecule has 1 aromatic heterocycles. The monoisotopic (exact) mass is 139 g/mol. The summed E-state index contributed by atoms with van der Waals surface area (Å²) in [6.45, 7) is 1.88. The van der Waals surface area contributed by atoms with Crippen molar-refractivity contribution in [1.82, 2.24) is 9.78 Å². The first kappa shape index (κ1) is 6.80. The van der Waals surface area contributed by atoms with E-state index in [1.54, 1.807) is 10.9 Å². The Hall–Kier alpha value is -1.32. The fraction of sp³-hybridized carbons (Fsp3) is 0.333. The van der Waals surface area contributed by atoms with Gasteiger partial charge in [-0.05, 0) is 13.0 Å². The quantitative estimate of drug-likeness (QED) is 0.376. The molecule has 0 aliphatic heterocycles. The van der Waals surface area contributed by atoms with Crippen LogP contribution in [0.15, 0.2) is 23.6 Å². The molecule has 1 unspecified atom stereocenters. The summed E-state index contributed by atoms with van der Waals surface area (Å²) in [7, 11) is 0. The van der Waals surface area contributed by atoms with Gasteiger partial charge in [-0.25, -0.2) is 0 Å². The zero-order valence-electron chi connectivity index (χ0n) is 5.68. The van der Waals surface area contributed by atoms with Gasteiger partial charge < -0.3 is 5.21 Å². The lowest BCUT2D eigenvalue weighted by atomic mass is 10.4. The number of rotatable bonds is 2. The molecule has 0 fully saturated rings. The highest BCUT2D eigenvalue weighted by Gasteiger charge is 1.97. The molecule has 0 radical (unpaired) electrons. The zero-order valence-corrected chi connectivity index (χ0v) is 5.68. The highest BCUT2D eigenvalue weighted by atomic mass is 16.4. The molecule has 0 saturated carbocycles. The lowest BCUT2D eigenvalue weighted by Crippen LogP contribution is -2.06. The third-order valence-electron chi connectivity index (χ3n) is 1.22. The van der Waals surface area contributed by atoms with E-state index < -0.39 is 0 Å². The minimum Gasteiger partial charge on any atom is -0.411 e. The molecule has 0 aliphatic carbocycles. The molecule has 4 nitrogen and oxygen atoms in total. The number of hydrogen-bond donors (Lipinski definition) is 1. The van der Waals surface area contributed by atoms with Crippen LogP contribution in [0.5, 0.6) is 0 Å². The highest BCUT2D eigenvalue weighted by Crippen LogP contribution is 1.97. The van der Waals surface area contributed by atoms with E-state index in [1.165, 1.54) is 6.21 Å². The molecule has 0 saturated heterocycles. The first-order valence-corrected chi connectivity index (χ1v) is 3.01. The van der Waals surface area contributed by atoms with E-state index in [-0.39, 0.29) is 6.04 Å². The van der Waals surface area contributed by atoms with Crippen LogP contribution in [0, 0.1) is 0 Å². The Kier molecular flexibility index (Phi) is 2.04. The minimum absolute atomic E-state index is 0.0139. The van der Waals surface area contributed by atoms with Gasteiger partial charge in [-0.3, -0.25) is 4.68 Å². The predicted molar refractivity (Wildman–Crippen MR) is 37.2 cm³/mol. The Labute approximate surface area is 58.8 Å². The Morgan fingerprint density at radius 2 is 2.60 bits per heavy atom. The van der Waals surface area contributed by atoms with Gasteiger partial charge in [-0.15, -0.1) is 0 Å². The van der Waals surface area contributed by atoms with Crippen molar-refractivity contribution in [3.8, 4) is 0 Å². The average molecular weight is 139 g/mol. The minimum atomic E-state index is 0.0139. The van der Waals surface area contributed by atoms with Crippen molar-refractivity contribution in [1.29, 1.82) is 0 Å². The van der Waals surface area contributed by atoms with Crippen LogP contribution in [0.4, 0.5) is 0 Å². The molecule has 10 heavy (non-hydrogen) atoms. The fourth-order valence-corrected chi connectivity index (χ4v) is 0.686. The van der Waals surface area contributed by atoms with Crippen molar-refractivity contribution in [3.05, 3.63) is 18.5 Å². The van der Waals surface area contributed by atoms with Crippen LogP contribution in [0.2, 0.25) is 0 Å². The molecule has 0 amide bonds. The van der Waals surface area contributed by atoms with Gasteiger partial charge >= 0.3 is 0 Å². The molecule has 1 rings (SSSR count). The Balaban J connectivity index is 2.67. The molecule has 0 bridgehead atoms. The highest BCUT2D eigenvalue weighted by molar-refractivity contribution is 5.60. The second-order valence-electron chi connectivity index (χ2n) is 1.99. The summed E-state index contributed by atoms with van der Waals surface area (Å²) in [5.74, 6) is 0. The van der Waals surface area contributed by atoms with E-state index in [0.29, 0.717) is 0 Å². The van der Waals surface area contributed by atoms with Gasteiger partial charge in [0.25, 0.3) is 0 Å². The molecule has 0 aromatic carbocycles. The molecule has 0 spiro atoms. The standard InChI is InChI=1S/C6H9N3O/c1-6(5-8-10)9-4-2-3-7-9/h2-6,10H,1H3/b8-5+. The van der Waals surface area contributed by atoms with Crippen LogP contribution in [0.25, 0.3) is 0 Å². The SMILES string of the molecule is CC(/C=N/O)n1cccn1. The van der Waals surface area contributed by atoms with Crippen LogP contribution < -0.4 is 0 Å². The summed E-state index contributed by atoms with van der Waals surface area (Å²) in [4.78, 5) is 0. The van der Waals surface area contributed by atoms with Crippen molar-refractivity contribution in [2.24, 2.45) is 5.16 Å². The summed E-state index contributed by atoms with van der Waals surface area (Å²) in [5.41, 5.74) is 0. The van der Waals surface area contributed by atoms with Gasteiger partial charge in [0.15, 0.2) is 0 Å².